The second kappa shape index (κ2) is 6.88. The number of thioether (sulfide) groups is 1. The molecule has 1 atom stereocenters. The molecule has 2 aromatic rings. The largest absolute Gasteiger partial charge is 0.316 e. The lowest BCUT2D eigenvalue weighted by Crippen LogP contribution is -2.30. The number of hydrogen-bond donors (Lipinski definition) is 1. The summed E-state index contributed by atoms with van der Waals surface area (Å²) in [6.07, 6.45) is 0.752. The predicted molar refractivity (Wildman–Crippen MR) is 77.5 cm³/mol. The molecule has 1 unspecified atom stereocenters. The minimum absolute atomic E-state index is 0.283. The van der Waals surface area contributed by atoms with E-state index in [1.807, 2.05) is 31.3 Å². The average molecular weight is 298 g/mol. The molecule has 5 nitrogen and oxygen atoms in total. The highest BCUT2D eigenvalue weighted by molar-refractivity contribution is 7.99. The van der Waals surface area contributed by atoms with Gasteiger partial charge in [-0.05, 0) is 24.4 Å². The maximum Gasteiger partial charge on any atom is 0.176 e. The first kappa shape index (κ1) is 14.3. The van der Waals surface area contributed by atoms with Crippen LogP contribution in [-0.4, -0.2) is 39.0 Å². The number of aromatic nitrogens is 4. The highest BCUT2D eigenvalue weighted by Crippen LogP contribution is 2.27. The summed E-state index contributed by atoms with van der Waals surface area (Å²) in [6.45, 7) is 0. The lowest BCUT2D eigenvalue weighted by Gasteiger charge is -2.14. The van der Waals surface area contributed by atoms with E-state index in [2.05, 4.69) is 20.7 Å². The fraction of sp³-hybridized carbons (Fsp3) is 0.417. The van der Waals surface area contributed by atoms with E-state index in [4.69, 9.17) is 11.6 Å². The van der Waals surface area contributed by atoms with Crippen molar-refractivity contribution < 1.29 is 0 Å². The maximum absolute atomic E-state index is 6.14. The first-order valence-electron chi connectivity index (χ1n) is 5.96. The Bertz CT molecular complexity index is 530. The number of aryl methyl sites for hydroxylation is 1. The summed E-state index contributed by atoms with van der Waals surface area (Å²) in [5, 5.41) is 16.1. The second-order valence-electron chi connectivity index (χ2n) is 4.13. The van der Waals surface area contributed by atoms with Gasteiger partial charge >= 0.3 is 0 Å². The minimum Gasteiger partial charge on any atom is -0.316 e. The summed E-state index contributed by atoms with van der Waals surface area (Å²) in [5.41, 5.74) is 0. The maximum atomic E-state index is 6.14. The van der Waals surface area contributed by atoms with Crippen LogP contribution in [0.4, 0.5) is 0 Å². The van der Waals surface area contributed by atoms with Crippen LogP contribution in [0.25, 0.3) is 0 Å². The molecule has 1 heterocycles. The lowest BCUT2D eigenvalue weighted by atomic mass is 10.2. The minimum atomic E-state index is 0.283. The predicted octanol–water partition coefficient (Wildman–Crippen LogP) is 1.79. The topological polar surface area (TPSA) is 55.6 Å². The van der Waals surface area contributed by atoms with E-state index in [9.17, 15) is 0 Å². The van der Waals surface area contributed by atoms with E-state index in [1.165, 1.54) is 4.80 Å². The summed E-state index contributed by atoms with van der Waals surface area (Å²) in [5.74, 6) is 1.65. The van der Waals surface area contributed by atoms with Gasteiger partial charge < -0.3 is 5.32 Å². The molecule has 0 amide bonds. The molecule has 1 N–H and O–H groups in total. The number of nitrogens with zero attached hydrogens (tertiary/aromatic N) is 4. The number of benzene rings is 1. The molecule has 0 saturated carbocycles. The molecule has 19 heavy (non-hydrogen) atoms. The van der Waals surface area contributed by atoms with Crippen LogP contribution in [0.1, 0.15) is 5.82 Å². The van der Waals surface area contributed by atoms with Gasteiger partial charge in [-0.25, -0.2) is 0 Å². The van der Waals surface area contributed by atoms with Crippen molar-refractivity contribution in [3.05, 3.63) is 35.1 Å². The van der Waals surface area contributed by atoms with Crippen molar-refractivity contribution in [2.75, 3.05) is 12.8 Å². The van der Waals surface area contributed by atoms with Crippen molar-refractivity contribution in [3.8, 4) is 0 Å². The number of rotatable bonds is 6. The molecule has 0 spiro atoms. The smallest absolute Gasteiger partial charge is 0.176 e. The van der Waals surface area contributed by atoms with E-state index in [0.717, 1.165) is 27.9 Å². The third kappa shape index (κ3) is 4.19. The first-order chi connectivity index (χ1) is 9.19. The average Bonchev–Trinajstić information content (AvgIpc) is 2.81. The Kier molecular flexibility index (Phi) is 5.18. The van der Waals surface area contributed by atoms with E-state index in [0.29, 0.717) is 0 Å². The van der Waals surface area contributed by atoms with Crippen molar-refractivity contribution >= 4 is 23.4 Å². The summed E-state index contributed by atoms with van der Waals surface area (Å²) >= 11 is 7.86. The normalized spacial score (nSPS) is 12.6. The van der Waals surface area contributed by atoms with Crippen LogP contribution < -0.4 is 5.32 Å². The Hall–Kier alpha value is -1.11. The highest BCUT2D eigenvalue weighted by atomic mass is 35.5. The van der Waals surface area contributed by atoms with Gasteiger partial charge in [-0.1, -0.05) is 23.7 Å². The van der Waals surface area contributed by atoms with Gasteiger partial charge in [0.05, 0.1) is 12.1 Å². The number of nitrogens with one attached hydrogen (secondary N) is 1. The number of hydrogen-bond acceptors (Lipinski definition) is 5. The van der Waals surface area contributed by atoms with Crippen LogP contribution in [-0.2, 0) is 13.5 Å². The molecule has 0 aliphatic heterocycles. The molecule has 2 rings (SSSR count). The molecule has 0 fully saturated rings. The Morgan fingerprint density at radius 1 is 1.42 bits per heavy atom. The quantitative estimate of drug-likeness (QED) is 0.824. The number of halogens is 1. The molecule has 0 bridgehead atoms. The molecule has 1 aromatic heterocycles. The second-order valence-corrected chi connectivity index (χ2v) is 5.60. The Balaban J connectivity index is 1.91. The van der Waals surface area contributed by atoms with Crippen LogP contribution >= 0.6 is 23.4 Å². The summed E-state index contributed by atoms with van der Waals surface area (Å²) in [6, 6.07) is 8.14. The molecular formula is C12H16ClN5S. The van der Waals surface area contributed by atoms with Gasteiger partial charge in [0.25, 0.3) is 0 Å². The zero-order chi connectivity index (χ0) is 13.7. The molecular weight excluding hydrogens is 282 g/mol. The van der Waals surface area contributed by atoms with Gasteiger partial charge in [-0.3, -0.25) is 0 Å². The fourth-order valence-electron chi connectivity index (χ4n) is 1.62. The standard InChI is InChI=1S/C12H16ClN5S/c1-14-9(7-12-15-17-18(2)16-12)8-19-11-6-4-3-5-10(11)13/h3-6,9,14H,7-8H2,1-2H3. The van der Waals surface area contributed by atoms with Crippen LogP contribution in [0, 0.1) is 0 Å². The van der Waals surface area contributed by atoms with Crippen molar-refractivity contribution in [2.45, 2.75) is 17.4 Å². The zero-order valence-corrected chi connectivity index (χ0v) is 12.4. The van der Waals surface area contributed by atoms with Crippen molar-refractivity contribution in [1.29, 1.82) is 0 Å². The number of tetrazole rings is 1. The number of likely N-dealkylation sites (N-methyl/N-ethyl adjacent to an activating group) is 1. The van der Waals surface area contributed by atoms with E-state index < -0.39 is 0 Å². The van der Waals surface area contributed by atoms with Gasteiger partial charge in [0.15, 0.2) is 5.82 Å². The molecule has 0 aliphatic rings. The molecule has 0 saturated heterocycles. The van der Waals surface area contributed by atoms with Crippen molar-refractivity contribution in [3.63, 3.8) is 0 Å². The van der Waals surface area contributed by atoms with Crippen LogP contribution in [0.3, 0.4) is 0 Å². The summed E-state index contributed by atoms with van der Waals surface area (Å²) in [7, 11) is 3.71. The van der Waals surface area contributed by atoms with Crippen LogP contribution in [0.5, 0.6) is 0 Å². The molecule has 1 aromatic carbocycles. The van der Waals surface area contributed by atoms with Crippen LogP contribution in [0.2, 0.25) is 5.02 Å². The SMILES string of the molecule is CNC(CSc1ccccc1Cl)Cc1nnn(C)n1. The summed E-state index contributed by atoms with van der Waals surface area (Å²) in [4.78, 5) is 2.57. The Morgan fingerprint density at radius 3 is 2.84 bits per heavy atom. The lowest BCUT2D eigenvalue weighted by molar-refractivity contribution is 0.591. The Morgan fingerprint density at radius 2 is 2.21 bits per heavy atom. The molecule has 7 heteroatoms. The highest BCUT2D eigenvalue weighted by Gasteiger charge is 2.12. The van der Waals surface area contributed by atoms with E-state index in [1.54, 1.807) is 18.8 Å². The fourth-order valence-corrected chi connectivity index (χ4v) is 2.97. The first-order valence-corrected chi connectivity index (χ1v) is 7.33. The van der Waals surface area contributed by atoms with Crippen LogP contribution in [0.15, 0.2) is 29.2 Å². The third-order valence-corrected chi connectivity index (χ3v) is 4.34. The summed E-state index contributed by atoms with van der Waals surface area (Å²) < 4.78 is 0. The van der Waals surface area contributed by atoms with E-state index in [-0.39, 0.29) is 6.04 Å². The molecule has 102 valence electrons. The van der Waals surface area contributed by atoms with E-state index >= 15 is 0 Å². The molecule has 0 radical (unpaired) electrons. The van der Waals surface area contributed by atoms with Gasteiger partial charge in [-0.15, -0.1) is 22.0 Å². The zero-order valence-electron chi connectivity index (χ0n) is 10.9. The third-order valence-electron chi connectivity index (χ3n) is 2.66. The van der Waals surface area contributed by atoms with Crippen molar-refractivity contribution in [1.82, 2.24) is 25.5 Å². The van der Waals surface area contributed by atoms with Gasteiger partial charge in [0.2, 0.25) is 0 Å². The van der Waals surface area contributed by atoms with Crippen molar-refractivity contribution in [2.24, 2.45) is 7.05 Å². The molecule has 0 aliphatic carbocycles. The Labute approximate surface area is 121 Å². The van der Waals surface area contributed by atoms with Gasteiger partial charge in [-0.2, -0.15) is 4.80 Å². The van der Waals surface area contributed by atoms with Gasteiger partial charge in [0, 0.05) is 23.1 Å². The monoisotopic (exact) mass is 297 g/mol. The van der Waals surface area contributed by atoms with Gasteiger partial charge in [0.1, 0.15) is 0 Å².